The fourth-order valence-corrected chi connectivity index (χ4v) is 2.39. The molecule has 5 heteroatoms. The Hall–Kier alpha value is -1.52. The smallest absolute Gasteiger partial charge is 0.317 e. The van der Waals surface area contributed by atoms with Gasteiger partial charge in [-0.05, 0) is 19.8 Å². The first-order chi connectivity index (χ1) is 8.55. The monoisotopic (exact) mass is 254 g/mol. The van der Waals surface area contributed by atoms with Gasteiger partial charge in [-0.3, -0.25) is 4.79 Å². The van der Waals surface area contributed by atoms with E-state index in [0.29, 0.717) is 25.9 Å². The van der Waals surface area contributed by atoms with Crippen LogP contribution in [0.15, 0.2) is 12.7 Å². The van der Waals surface area contributed by atoms with Crippen molar-refractivity contribution < 1.29 is 14.7 Å². The van der Waals surface area contributed by atoms with Gasteiger partial charge >= 0.3 is 12.0 Å². The quantitative estimate of drug-likeness (QED) is 0.711. The molecule has 0 aromatic rings. The van der Waals surface area contributed by atoms with Crippen LogP contribution < -0.4 is 5.32 Å². The zero-order valence-electron chi connectivity index (χ0n) is 10.9. The minimum Gasteiger partial charge on any atom is -0.481 e. The molecule has 0 aromatic carbocycles. The van der Waals surface area contributed by atoms with Crippen LogP contribution in [0.25, 0.3) is 0 Å². The summed E-state index contributed by atoms with van der Waals surface area (Å²) in [6.45, 7) is 6.75. The number of aliphatic carboxylic acids is 1. The van der Waals surface area contributed by atoms with Crippen LogP contribution in [0.4, 0.5) is 4.79 Å². The molecule has 18 heavy (non-hydrogen) atoms. The Kier molecular flexibility index (Phi) is 5.19. The highest BCUT2D eigenvalue weighted by molar-refractivity contribution is 5.78. The fourth-order valence-electron chi connectivity index (χ4n) is 2.39. The maximum absolute atomic E-state index is 11.9. The van der Waals surface area contributed by atoms with Crippen molar-refractivity contribution in [2.24, 2.45) is 5.41 Å². The third-order valence-corrected chi connectivity index (χ3v) is 3.61. The van der Waals surface area contributed by atoms with Crippen LogP contribution in [-0.2, 0) is 4.79 Å². The highest BCUT2D eigenvalue weighted by atomic mass is 16.4. The van der Waals surface area contributed by atoms with Crippen molar-refractivity contribution in [3.05, 3.63) is 12.7 Å². The standard InChI is InChI=1S/C13H22N2O3/c1-3-9-15(4-2)12(18)14-10-13(11(16)17)7-5-6-8-13/h3H,1,4-10H2,2H3,(H,14,18)(H,16,17). The van der Waals surface area contributed by atoms with Gasteiger partial charge in [-0.2, -0.15) is 0 Å². The van der Waals surface area contributed by atoms with Gasteiger partial charge in [0.25, 0.3) is 0 Å². The van der Waals surface area contributed by atoms with Crippen LogP contribution in [0.2, 0.25) is 0 Å². The van der Waals surface area contributed by atoms with Gasteiger partial charge in [0.05, 0.1) is 5.41 Å². The minimum absolute atomic E-state index is 0.217. The summed E-state index contributed by atoms with van der Waals surface area (Å²) in [5.74, 6) is -0.799. The Morgan fingerprint density at radius 3 is 2.50 bits per heavy atom. The number of hydrogen-bond donors (Lipinski definition) is 2. The molecule has 0 aromatic heterocycles. The van der Waals surface area contributed by atoms with Gasteiger partial charge in [0.2, 0.25) is 0 Å². The van der Waals surface area contributed by atoms with E-state index >= 15 is 0 Å². The minimum atomic E-state index is -0.799. The molecule has 0 saturated heterocycles. The number of rotatable bonds is 6. The molecule has 1 aliphatic rings. The third kappa shape index (κ3) is 3.24. The number of carboxylic acids is 1. The van der Waals surface area contributed by atoms with Crippen molar-refractivity contribution in [1.82, 2.24) is 10.2 Å². The van der Waals surface area contributed by atoms with E-state index in [1.165, 1.54) is 0 Å². The van der Waals surface area contributed by atoms with Crippen molar-refractivity contribution >= 4 is 12.0 Å². The second-order valence-electron chi connectivity index (χ2n) is 4.78. The lowest BCUT2D eigenvalue weighted by Gasteiger charge is -2.26. The van der Waals surface area contributed by atoms with Crippen molar-refractivity contribution in [2.75, 3.05) is 19.6 Å². The number of urea groups is 1. The summed E-state index contributed by atoms with van der Waals surface area (Å²) in [4.78, 5) is 24.8. The van der Waals surface area contributed by atoms with Gasteiger partial charge in [-0.15, -0.1) is 6.58 Å². The van der Waals surface area contributed by atoms with Crippen molar-refractivity contribution in [2.45, 2.75) is 32.6 Å². The van der Waals surface area contributed by atoms with Gasteiger partial charge in [0.1, 0.15) is 0 Å². The van der Waals surface area contributed by atoms with Crippen LogP contribution in [-0.4, -0.2) is 41.6 Å². The predicted molar refractivity (Wildman–Crippen MR) is 69.4 cm³/mol. The van der Waals surface area contributed by atoms with Gasteiger partial charge in [-0.1, -0.05) is 18.9 Å². The first-order valence-corrected chi connectivity index (χ1v) is 6.43. The van der Waals surface area contributed by atoms with E-state index in [1.54, 1.807) is 11.0 Å². The van der Waals surface area contributed by atoms with E-state index in [-0.39, 0.29) is 12.6 Å². The Morgan fingerprint density at radius 1 is 1.44 bits per heavy atom. The first kappa shape index (κ1) is 14.5. The van der Waals surface area contributed by atoms with E-state index in [4.69, 9.17) is 0 Å². The number of likely N-dealkylation sites (N-methyl/N-ethyl adjacent to an activating group) is 1. The average Bonchev–Trinajstić information content (AvgIpc) is 2.83. The molecule has 5 nitrogen and oxygen atoms in total. The molecule has 0 spiro atoms. The summed E-state index contributed by atoms with van der Waals surface area (Å²) < 4.78 is 0. The predicted octanol–water partition coefficient (Wildman–Crippen LogP) is 1.85. The molecule has 0 heterocycles. The molecule has 0 unspecified atom stereocenters. The number of nitrogens with zero attached hydrogens (tertiary/aromatic N) is 1. The Labute approximate surface area is 108 Å². The molecule has 1 fully saturated rings. The molecule has 1 saturated carbocycles. The van der Waals surface area contributed by atoms with Gasteiger partial charge in [0.15, 0.2) is 0 Å². The molecule has 0 atom stereocenters. The molecule has 0 bridgehead atoms. The molecule has 1 aliphatic carbocycles. The SMILES string of the molecule is C=CCN(CC)C(=O)NCC1(C(=O)O)CCCC1. The largest absolute Gasteiger partial charge is 0.481 e. The Balaban J connectivity index is 2.54. The molecular formula is C13H22N2O3. The first-order valence-electron chi connectivity index (χ1n) is 6.43. The van der Waals surface area contributed by atoms with Gasteiger partial charge in [-0.25, -0.2) is 4.79 Å². The molecule has 2 amide bonds. The van der Waals surface area contributed by atoms with Crippen LogP contribution in [0.3, 0.4) is 0 Å². The van der Waals surface area contributed by atoms with Crippen molar-refractivity contribution in [3.63, 3.8) is 0 Å². The lowest BCUT2D eigenvalue weighted by Crippen LogP contribution is -2.46. The zero-order chi connectivity index (χ0) is 13.6. The topological polar surface area (TPSA) is 69.6 Å². The highest BCUT2D eigenvalue weighted by Crippen LogP contribution is 2.37. The summed E-state index contributed by atoms with van der Waals surface area (Å²) in [6.07, 6.45) is 4.80. The number of amides is 2. The number of hydrogen-bond acceptors (Lipinski definition) is 2. The van der Waals surface area contributed by atoms with Crippen molar-refractivity contribution in [1.29, 1.82) is 0 Å². The average molecular weight is 254 g/mol. The number of nitrogens with one attached hydrogen (secondary N) is 1. The van der Waals surface area contributed by atoms with E-state index in [0.717, 1.165) is 12.8 Å². The summed E-state index contributed by atoms with van der Waals surface area (Å²) >= 11 is 0. The van der Waals surface area contributed by atoms with Crippen LogP contribution in [0.5, 0.6) is 0 Å². The molecule has 102 valence electrons. The summed E-state index contributed by atoms with van der Waals surface area (Å²) in [5, 5.41) is 12.0. The van der Waals surface area contributed by atoms with E-state index in [9.17, 15) is 14.7 Å². The second kappa shape index (κ2) is 6.42. The molecule has 2 N–H and O–H groups in total. The number of carbonyl (C=O) groups is 2. The lowest BCUT2D eigenvalue weighted by atomic mass is 9.86. The molecule has 1 rings (SSSR count). The number of carbonyl (C=O) groups excluding carboxylic acids is 1. The molecule has 0 aliphatic heterocycles. The Morgan fingerprint density at radius 2 is 2.06 bits per heavy atom. The van der Waals surface area contributed by atoms with E-state index in [2.05, 4.69) is 11.9 Å². The van der Waals surface area contributed by atoms with Gasteiger partial charge < -0.3 is 15.3 Å². The number of carboxylic acid groups (broad SMARTS) is 1. The lowest BCUT2D eigenvalue weighted by molar-refractivity contribution is -0.148. The Bertz CT molecular complexity index is 322. The maximum atomic E-state index is 11.9. The molecular weight excluding hydrogens is 232 g/mol. The summed E-state index contributed by atoms with van der Waals surface area (Å²) in [7, 11) is 0. The van der Waals surface area contributed by atoms with Crippen LogP contribution >= 0.6 is 0 Å². The molecule has 0 radical (unpaired) electrons. The second-order valence-corrected chi connectivity index (χ2v) is 4.78. The zero-order valence-corrected chi connectivity index (χ0v) is 10.9. The van der Waals surface area contributed by atoms with E-state index < -0.39 is 11.4 Å². The third-order valence-electron chi connectivity index (χ3n) is 3.61. The van der Waals surface area contributed by atoms with Crippen LogP contribution in [0, 0.1) is 5.41 Å². The van der Waals surface area contributed by atoms with Crippen molar-refractivity contribution in [3.8, 4) is 0 Å². The fraction of sp³-hybridized carbons (Fsp3) is 0.692. The maximum Gasteiger partial charge on any atom is 0.317 e. The van der Waals surface area contributed by atoms with Gasteiger partial charge in [0, 0.05) is 19.6 Å². The van der Waals surface area contributed by atoms with E-state index in [1.807, 2.05) is 6.92 Å². The summed E-state index contributed by atoms with van der Waals surface area (Å²) in [6, 6.07) is -0.218. The van der Waals surface area contributed by atoms with Crippen LogP contribution in [0.1, 0.15) is 32.6 Å². The summed E-state index contributed by atoms with van der Waals surface area (Å²) in [5.41, 5.74) is -0.761. The highest BCUT2D eigenvalue weighted by Gasteiger charge is 2.41. The normalized spacial score (nSPS) is 17.2.